The number of alkyl halides is 3. The summed E-state index contributed by atoms with van der Waals surface area (Å²) in [6, 6.07) is 4.77. The lowest BCUT2D eigenvalue weighted by Crippen LogP contribution is -2.31. The summed E-state index contributed by atoms with van der Waals surface area (Å²) < 4.78 is 38.7. The highest BCUT2D eigenvalue weighted by atomic mass is 35.5. The molecule has 0 aliphatic heterocycles. The topological polar surface area (TPSA) is 70.2 Å². The Bertz CT molecular complexity index is 783. The second-order valence-corrected chi connectivity index (χ2v) is 6.05. The van der Waals surface area contributed by atoms with Gasteiger partial charge in [-0.1, -0.05) is 11.6 Å². The molecular formula is C16H17ClF3N5O. The molecule has 26 heavy (non-hydrogen) atoms. The Hall–Kier alpha value is -2.39. The number of amides is 1. The second-order valence-electron chi connectivity index (χ2n) is 5.64. The minimum Gasteiger partial charge on any atom is -0.349 e. The van der Waals surface area contributed by atoms with Gasteiger partial charge in [-0.3, -0.25) is 4.79 Å². The van der Waals surface area contributed by atoms with Gasteiger partial charge >= 0.3 is 6.18 Å². The van der Waals surface area contributed by atoms with Crippen molar-refractivity contribution in [3.63, 3.8) is 0 Å². The van der Waals surface area contributed by atoms with Gasteiger partial charge in [0.25, 0.3) is 5.91 Å². The zero-order valence-corrected chi connectivity index (χ0v) is 14.8. The molecule has 0 saturated heterocycles. The maximum atomic E-state index is 12.9. The number of nitrogens with one attached hydrogen (secondary N) is 2. The Morgan fingerprint density at radius 3 is 2.65 bits per heavy atom. The first-order valence-electron chi connectivity index (χ1n) is 7.56. The number of carbonyl (C=O) groups is 1. The van der Waals surface area contributed by atoms with Crippen molar-refractivity contribution in [2.45, 2.75) is 6.18 Å². The second kappa shape index (κ2) is 8.33. The number of anilines is 2. The van der Waals surface area contributed by atoms with Crippen molar-refractivity contribution < 1.29 is 18.0 Å². The summed E-state index contributed by atoms with van der Waals surface area (Å²) >= 11 is 5.59. The molecule has 1 amide bonds. The molecule has 2 N–H and O–H groups in total. The quantitative estimate of drug-likeness (QED) is 0.796. The van der Waals surface area contributed by atoms with E-state index >= 15 is 0 Å². The van der Waals surface area contributed by atoms with Crippen LogP contribution < -0.4 is 10.6 Å². The first-order chi connectivity index (χ1) is 12.2. The van der Waals surface area contributed by atoms with Crippen LogP contribution in [-0.4, -0.2) is 48.0 Å². The highest BCUT2D eigenvalue weighted by Gasteiger charge is 2.33. The zero-order valence-electron chi connectivity index (χ0n) is 14.1. The predicted octanol–water partition coefficient (Wildman–Crippen LogP) is 3.18. The lowest BCUT2D eigenvalue weighted by molar-refractivity contribution is -0.137. The van der Waals surface area contributed by atoms with Crippen LogP contribution in [0.3, 0.4) is 0 Å². The molecule has 0 fully saturated rings. The summed E-state index contributed by atoms with van der Waals surface area (Å²) in [4.78, 5) is 21.9. The normalized spacial score (nSPS) is 11.5. The zero-order chi connectivity index (χ0) is 19.3. The monoisotopic (exact) mass is 387 g/mol. The van der Waals surface area contributed by atoms with Crippen molar-refractivity contribution in [1.29, 1.82) is 0 Å². The van der Waals surface area contributed by atoms with E-state index < -0.39 is 22.7 Å². The third kappa shape index (κ3) is 5.57. The van der Waals surface area contributed by atoms with Crippen LogP contribution in [0.2, 0.25) is 5.02 Å². The van der Waals surface area contributed by atoms with E-state index in [-0.39, 0.29) is 17.3 Å². The van der Waals surface area contributed by atoms with Crippen molar-refractivity contribution >= 4 is 29.1 Å². The van der Waals surface area contributed by atoms with Gasteiger partial charge in [0.15, 0.2) is 0 Å². The van der Waals surface area contributed by atoms with Gasteiger partial charge in [0, 0.05) is 25.0 Å². The fraction of sp³-hybridized carbons (Fsp3) is 0.312. The molecule has 1 heterocycles. The molecule has 2 aromatic rings. The third-order valence-corrected chi connectivity index (χ3v) is 3.59. The van der Waals surface area contributed by atoms with Crippen molar-refractivity contribution in [2.24, 2.45) is 0 Å². The maximum absolute atomic E-state index is 12.9. The molecule has 1 aromatic carbocycles. The molecule has 1 aromatic heterocycles. The highest BCUT2D eigenvalue weighted by Crippen LogP contribution is 2.36. The Labute approximate surface area is 153 Å². The van der Waals surface area contributed by atoms with Crippen LogP contribution in [-0.2, 0) is 6.18 Å². The number of carbonyl (C=O) groups excluding carboxylic acids is 1. The van der Waals surface area contributed by atoms with Crippen LogP contribution in [0, 0.1) is 0 Å². The van der Waals surface area contributed by atoms with E-state index in [0.717, 1.165) is 12.1 Å². The lowest BCUT2D eigenvalue weighted by atomic mass is 10.2. The van der Waals surface area contributed by atoms with Crippen molar-refractivity contribution in [3.8, 4) is 0 Å². The number of benzene rings is 1. The minimum absolute atomic E-state index is 0.000654. The minimum atomic E-state index is -4.58. The van der Waals surface area contributed by atoms with Crippen LogP contribution >= 0.6 is 11.6 Å². The summed E-state index contributed by atoms with van der Waals surface area (Å²) in [5.74, 6) is -0.398. The molecule has 0 radical (unpaired) electrons. The van der Waals surface area contributed by atoms with E-state index in [1.165, 1.54) is 18.3 Å². The Morgan fingerprint density at radius 2 is 2.00 bits per heavy atom. The average Bonchev–Trinajstić information content (AvgIpc) is 2.55. The van der Waals surface area contributed by atoms with E-state index in [1.54, 1.807) is 0 Å². The molecule has 0 bridgehead atoms. The Kier molecular flexibility index (Phi) is 6.38. The fourth-order valence-corrected chi connectivity index (χ4v) is 2.20. The van der Waals surface area contributed by atoms with Gasteiger partial charge in [0.2, 0.25) is 5.95 Å². The van der Waals surface area contributed by atoms with Crippen LogP contribution in [0.4, 0.5) is 24.8 Å². The van der Waals surface area contributed by atoms with Crippen molar-refractivity contribution in [3.05, 3.63) is 46.7 Å². The van der Waals surface area contributed by atoms with Gasteiger partial charge in [0.05, 0.1) is 10.6 Å². The number of likely N-dealkylation sites (N-methyl/N-ethyl adjacent to an activating group) is 1. The fourth-order valence-electron chi connectivity index (χ4n) is 1.98. The Balaban J connectivity index is 2.12. The molecular weight excluding hydrogens is 371 g/mol. The van der Waals surface area contributed by atoms with Crippen LogP contribution in [0.5, 0.6) is 0 Å². The van der Waals surface area contributed by atoms with E-state index in [1.807, 2.05) is 19.0 Å². The average molecular weight is 388 g/mol. The van der Waals surface area contributed by atoms with Gasteiger partial charge in [0.1, 0.15) is 5.69 Å². The smallest absolute Gasteiger partial charge is 0.349 e. The number of rotatable bonds is 6. The van der Waals surface area contributed by atoms with E-state index in [9.17, 15) is 18.0 Å². The molecule has 0 aliphatic carbocycles. The van der Waals surface area contributed by atoms with Gasteiger partial charge in [-0.15, -0.1) is 0 Å². The van der Waals surface area contributed by atoms with Gasteiger partial charge in [-0.05, 0) is 38.4 Å². The summed E-state index contributed by atoms with van der Waals surface area (Å²) in [6.07, 6.45) is -3.24. The molecule has 0 atom stereocenters. The number of nitrogens with zero attached hydrogens (tertiary/aromatic N) is 3. The number of halogens is 4. The number of hydrogen-bond donors (Lipinski definition) is 2. The molecule has 0 spiro atoms. The summed E-state index contributed by atoms with van der Waals surface area (Å²) in [6.45, 7) is 1.09. The first-order valence-corrected chi connectivity index (χ1v) is 7.94. The first kappa shape index (κ1) is 19.9. The van der Waals surface area contributed by atoms with Gasteiger partial charge < -0.3 is 15.5 Å². The molecule has 0 aliphatic rings. The van der Waals surface area contributed by atoms with Crippen LogP contribution in [0.25, 0.3) is 0 Å². The Morgan fingerprint density at radius 1 is 1.27 bits per heavy atom. The van der Waals surface area contributed by atoms with E-state index in [0.29, 0.717) is 13.1 Å². The standard InChI is InChI=1S/C16H17ClF3N5O/c1-25(2)8-7-21-14(26)13-5-6-22-15(24-13)23-10-3-4-12(17)11(9-10)16(18,19)20/h3-6,9H,7-8H2,1-2H3,(H,21,26)(H,22,23,24). The van der Waals surface area contributed by atoms with E-state index in [4.69, 9.17) is 11.6 Å². The number of hydrogen-bond acceptors (Lipinski definition) is 5. The summed E-state index contributed by atoms with van der Waals surface area (Å²) in [5, 5.41) is 4.93. The summed E-state index contributed by atoms with van der Waals surface area (Å²) in [5.41, 5.74) is -0.764. The van der Waals surface area contributed by atoms with Gasteiger partial charge in [-0.2, -0.15) is 13.2 Å². The maximum Gasteiger partial charge on any atom is 0.417 e. The summed E-state index contributed by atoms with van der Waals surface area (Å²) in [7, 11) is 3.75. The van der Waals surface area contributed by atoms with Crippen molar-refractivity contribution in [2.75, 3.05) is 32.5 Å². The molecule has 0 saturated carbocycles. The van der Waals surface area contributed by atoms with Crippen molar-refractivity contribution in [1.82, 2.24) is 20.2 Å². The molecule has 0 unspecified atom stereocenters. The molecule has 6 nitrogen and oxygen atoms in total. The van der Waals surface area contributed by atoms with Gasteiger partial charge in [-0.25, -0.2) is 9.97 Å². The van der Waals surface area contributed by atoms with Crippen LogP contribution in [0.1, 0.15) is 16.1 Å². The highest BCUT2D eigenvalue weighted by molar-refractivity contribution is 6.31. The molecule has 10 heteroatoms. The number of aromatic nitrogens is 2. The lowest BCUT2D eigenvalue weighted by Gasteiger charge is -2.12. The van der Waals surface area contributed by atoms with Crippen LogP contribution in [0.15, 0.2) is 30.5 Å². The molecule has 2 rings (SSSR count). The SMILES string of the molecule is CN(C)CCNC(=O)c1ccnc(Nc2ccc(Cl)c(C(F)(F)F)c2)n1. The molecule has 140 valence electrons. The largest absolute Gasteiger partial charge is 0.417 e. The predicted molar refractivity (Wildman–Crippen MR) is 92.7 cm³/mol. The third-order valence-electron chi connectivity index (χ3n) is 3.26. The van der Waals surface area contributed by atoms with E-state index in [2.05, 4.69) is 20.6 Å².